The minimum absolute atomic E-state index is 0.0907. The number of hydrogen-bond acceptors (Lipinski definition) is 3. The average molecular weight is 300 g/mol. The van der Waals surface area contributed by atoms with Gasteiger partial charge in [-0.15, -0.1) is 0 Å². The van der Waals surface area contributed by atoms with Crippen LogP contribution < -0.4 is 0 Å². The Morgan fingerprint density at radius 1 is 1.29 bits per heavy atom. The lowest BCUT2D eigenvalue weighted by Gasteiger charge is -2.24. The summed E-state index contributed by atoms with van der Waals surface area (Å²) in [5, 5.41) is 4.25. The third-order valence-corrected chi connectivity index (χ3v) is 3.98. The molecule has 0 unspecified atom stereocenters. The largest absolute Gasteiger partial charge is 0.277 e. The fourth-order valence-corrected chi connectivity index (χ4v) is 2.44. The van der Waals surface area contributed by atoms with Gasteiger partial charge in [-0.05, 0) is 29.3 Å². The normalized spacial score (nSPS) is 16.8. The molecule has 2 heterocycles. The van der Waals surface area contributed by atoms with Crippen LogP contribution in [0.5, 0.6) is 0 Å². The summed E-state index contributed by atoms with van der Waals surface area (Å²) in [5.74, 6) is -0.181. The topological polar surface area (TPSA) is 55.2 Å². The molecule has 1 saturated heterocycles. The molecule has 5 nitrogen and oxygen atoms in total. The summed E-state index contributed by atoms with van der Waals surface area (Å²) in [6.07, 6.45) is 1.58. The van der Waals surface area contributed by atoms with E-state index in [2.05, 4.69) is 21.0 Å². The Morgan fingerprint density at radius 2 is 1.88 bits per heavy atom. The fraction of sp³-hybridized carbons (Fsp3) is 0.545. The molecule has 17 heavy (non-hydrogen) atoms. The Morgan fingerprint density at radius 3 is 2.35 bits per heavy atom. The molecule has 0 aromatic carbocycles. The van der Waals surface area contributed by atoms with Crippen molar-refractivity contribution in [2.24, 2.45) is 7.05 Å². The van der Waals surface area contributed by atoms with Crippen LogP contribution in [0.1, 0.15) is 30.7 Å². The maximum Gasteiger partial charge on any atom is 0.229 e. The summed E-state index contributed by atoms with van der Waals surface area (Å²) in [6, 6.07) is 0. The zero-order chi connectivity index (χ0) is 12.6. The van der Waals surface area contributed by atoms with E-state index in [9.17, 15) is 9.59 Å². The highest BCUT2D eigenvalue weighted by Crippen LogP contribution is 2.23. The summed E-state index contributed by atoms with van der Waals surface area (Å²) < 4.78 is 2.57. The number of carbonyl (C=O) groups is 2. The molecule has 1 aromatic rings. The van der Waals surface area contributed by atoms with Crippen molar-refractivity contribution in [2.75, 3.05) is 0 Å². The van der Waals surface area contributed by atoms with Crippen molar-refractivity contribution in [2.45, 2.75) is 32.7 Å². The van der Waals surface area contributed by atoms with Crippen molar-refractivity contribution < 1.29 is 9.59 Å². The number of amides is 2. The molecule has 0 spiro atoms. The van der Waals surface area contributed by atoms with Crippen molar-refractivity contribution in [3.8, 4) is 0 Å². The Kier molecular flexibility index (Phi) is 3.33. The SMILES string of the molecule is Cc1nn(C)c(CN2C(=O)CCCC2=O)c1Br. The molecular weight excluding hydrogens is 286 g/mol. The number of nitrogens with zero attached hydrogens (tertiary/aromatic N) is 3. The Labute approximate surface area is 108 Å². The standard InChI is InChI=1S/C11H14BrN3O2/c1-7-11(12)8(14(2)13-7)6-15-9(16)4-3-5-10(15)17/h3-6H2,1-2H3. The van der Waals surface area contributed by atoms with Gasteiger partial charge in [0.2, 0.25) is 11.8 Å². The molecular formula is C11H14BrN3O2. The predicted octanol–water partition coefficient (Wildman–Crippen LogP) is 1.53. The maximum atomic E-state index is 11.7. The smallest absolute Gasteiger partial charge is 0.229 e. The van der Waals surface area contributed by atoms with Crippen LogP contribution in [0.4, 0.5) is 0 Å². The Bertz CT molecular complexity index is 465. The van der Waals surface area contributed by atoms with Gasteiger partial charge < -0.3 is 0 Å². The van der Waals surface area contributed by atoms with Crippen molar-refractivity contribution >= 4 is 27.7 Å². The molecule has 1 fully saturated rings. The van der Waals surface area contributed by atoms with E-state index in [0.29, 0.717) is 25.8 Å². The number of rotatable bonds is 2. The van der Waals surface area contributed by atoms with Crippen LogP contribution in [0, 0.1) is 6.92 Å². The Hall–Kier alpha value is -1.17. The second-order valence-electron chi connectivity index (χ2n) is 4.20. The molecule has 1 aliphatic heterocycles. The quantitative estimate of drug-likeness (QED) is 0.778. The van der Waals surface area contributed by atoms with Crippen LogP contribution >= 0.6 is 15.9 Å². The van der Waals surface area contributed by atoms with Crippen LogP contribution in [0.3, 0.4) is 0 Å². The summed E-state index contributed by atoms with van der Waals surface area (Å²) >= 11 is 3.44. The lowest BCUT2D eigenvalue weighted by atomic mass is 10.1. The first-order chi connectivity index (χ1) is 8.00. The molecule has 0 aliphatic carbocycles. The lowest BCUT2D eigenvalue weighted by Crippen LogP contribution is -2.39. The minimum Gasteiger partial charge on any atom is -0.277 e. The van der Waals surface area contributed by atoms with Gasteiger partial charge in [0, 0.05) is 19.9 Å². The van der Waals surface area contributed by atoms with E-state index >= 15 is 0 Å². The fourth-order valence-electron chi connectivity index (χ4n) is 1.98. The summed E-state index contributed by atoms with van der Waals surface area (Å²) in [6.45, 7) is 2.18. The van der Waals surface area contributed by atoms with Crippen molar-refractivity contribution in [1.29, 1.82) is 0 Å². The van der Waals surface area contributed by atoms with E-state index in [-0.39, 0.29) is 11.8 Å². The van der Waals surface area contributed by atoms with Crippen LogP contribution in [-0.2, 0) is 23.2 Å². The third-order valence-electron chi connectivity index (χ3n) is 2.95. The van der Waals surface area contributed by atoms with E-state index in [4.69, 9.17) is 0 Å². The second kappa shape index (κ2) is 4.60. The number of halogens is 1. The van der Waals surface area contributed by atoms with E-state index in [0.717, 1.165) is 15.9 Å². The van der Waals surface area contributed by atoms with Crippen molar-refractivity contribution in [3.05, 3.63) is 15.9 Å². The molecule has 2 rings (SSSR count). The van der Waals surface area contributed by atoms with E-state index < -0.39 is 0 Å². The highest BCUT2D eigenvalue weighted by Gasteiger charge is 2.27. The summed E-state index contributed by atoms with van der Waals surface area (Å²) in [5.41, 5.74) is 1.71. The van der Waals surface area contributed by atoms with Gasteiger partial charge in [-0.2, -0.15) is 5.10 Å². The van der Waals surface area contributed by atoms with E-state index in [1.54, 1.807) is 4.68 Å². The van der Waals surface area contributed by atoms with E-state index in [1.165, 1.54) is 4.90 Å². The summed E-state index contributed by atoms with van der Waals surface area (Å²) in [4.78, 5) is 24.7. The zero-order valence-corrected chi connectivity index (χ0v) is 11.5. The number of aromatic nitrogens is 2. The zero-order valence-electron chi connectivity index (χ0n) is 9.86. The maximum absolute atomic E-state index is 11.7. The first-order valence-corrected chi connectivity index (χ1v) is 6.31. The number of carbonyl (C=O) groups excluding carboxylic acids is 2. The van der Waals surface area contributed by atoms with Crippen LogP contribution in [0.25, 0.3) is 0 Å². The lowest BCUT2D eigenvalue weighted by molar-refractivity contribution is -0.148. The molecule has 1 aliphatic rings. The molecule has 1 aromatic heterocycles. The predicted molar refractivity (Wildman–Crippen MR) is 65.1 cm³/mol. The van der Waals surface area contributed by atoms with Gasteiger partial charge in [0.1, 0.15) is 0 Å². The number of likely N-dealkylation sites (tertiary alicyclic amines) is 1. The van der Waals surface area contributed by atoms with Gasteiger partial charge in [0.25, 0.3) is 0 Å². The van der Waals surface area contributed by atoms with Gasteiger partial charge in [0.05, 0.1) is 22.4 Å². The van der Waals surface area contributed by atoms with Crippen LogP contribution in [0.2, 0.25) is 0 Å². The number of imide groups is 1. The average Bonchev–Trinajstić information content (AvgIpc) is 2.49. The monoisotopic (exact) mass is 299 g/mol. The molecule has 92 valence electrons. The highest BCUT2D eigenvalue weighted by molar-refractivity contribution is 9.10. The van der Waals surface area contributed by atoms with Crippen molar-refractivity contribution in [1.82, 2.24) is 14.7 Å². The molecule has 6 heteroatoms. The van der Waals surface area contributed by atoms with Crippen LogP contribution in [-0.4, -0.2) is 26.5 Å². The van der Waals surface area contributed by atoms with E-state index in [1.807, 2.05) is 14.0 Å². The number of piperidine rings is 1. The minimum atomic E-state index is -0.0907. The first kappa shape index (κ1) is 12.3. The second-order valence-corrected chi connectivity index (χ2v) is 4.99. The molecule has 0 radical (unpaired) electrons. The molecule has 0 bridgehead atoms. The number of hydrogen-bond donors (Lipinski definition) is 0. The van der Waals surface area contributed by atoms with Crippen molar-refractivity contribution in [3.63, 3.8) is 0 Å². The van der Waals surface area contributed by atoms with Gasteiger partial charge in [-0.25, -0.2) is 0 Å². The Balaban J connectivity index is 2.25. The third kappa shape index (κ3) is 2.26. The summed E-state index contributed by atoms with van der Waals surface area (Å²) in [7, 11) is 1.81. The molecule has 0 saturated carbocycles. The van der Waals surface area contributed by atoms with Gasteiger partial charge in [0.15, 0.2) is 0 Å². The molecule has 0 atom stereocenters. The van der Waals surface area contributed by atoms with Gasteiger partial charge >= 0.3 is 0 Å². The first-order valence-electron chi connectivity index (χ1n) is 5.52. The highest BCUT2D eigenvalue weighted by atomic mass is 79.9. The number of aryl methyl sites for hydroxylation is 2. The molecule has 2 amide bonds. The van der Waals surface area contributed by atoms with Gasteiger partial charge in [-0.3, -0.25) is 19.2 Å². The molecule has 0 N–H and O–H groups in total. The van der Waals surface area contributed by atoms with Gasteiger partial charge in [-0.1, -0.05) is 0 Å². The van der Waals surface area contributed by atoms with Crippen LogP contribution in [0.15, 0.2) is 4.47 Å².